The van der Waals surface area contributed by atoms with E-state index in [4.69, 9.17) is 22.4 Å². The molecule has 2 N–H and O–H groups in total. The van der Waals surface area contributed by atoms with Gasteiger partial charge in [-0.05, 0) is 5.56 Å². The first-order chi connectivity index (χ1) is 12.2. The second-order valence-corrected chi connectivity index (χ2v) is 6.26. The highest BCUT2D eigenvalue weighted by molar-refractivity contribution is 6.20. The quantitative estimate of drug-likeness (QED) is 0.525. The fraction of sp³-hybridized carbons (Fsp3) is 0.105. The largest absolute Gasteiger partial charge is 0.383 e. The lowest BCUT2D eigenvalue weighted by atomic mass is 10.1. The minimum absolute atomic E-state index is 0. The minimum Gasteiger partial charge on any atom is -0.383 e. The molecule has 1 atom stereocenters. The number of aromatic nitrogens is 4. The van der Waals surface area contributed by atoms with Crippen LogP contribution in [0.3, 0.4) is 0 Å². The molecule has 4 aromatic rings. The van der Waals surface area contributed by atoms with Crippen molar-refractivity contribution in [3.05, 3.63) is 72.6 Å². The summed E-state index contributed by atoms with van der Waals surface area (Å²) in [6.45, 7) is 0.491. The van der Waals surface area contributed by atoms with Crippen molar-refractivity contribution in [2.45, 2.75) is 11.9 Å². The van der Waals surface area contributed by atoms with Gasteiger partial charge in [-0.2, -0.15) is 5.10 Å². The molecule has 0 radical (unpaired) electrons. The van der Waals surface area contributed by atoms with Gasteiger partial charge in [0, 0.05) is 5.56 Å². The topological polar surface area (TPSA) is 69.6 Å². The standard InChI is InChI=1S/C19H16ClN5.ClH/c20-15(13-7-3-1-4-8-13)11-25-19-16(18(21)22-12-23-19)17(24-25)14-9-5-2-6-10-14;/h1-10,12,15H,11H2,(H2,21,22,23);1H. The fourth-order valence-corrected chi connectivity index (χ4v) is 3.15. The van der Waals surface area contributed by atoms with E-state index in [0.717, 1.165) is 22.2 Å². The molecular formula is C19H17Cl2N5. The average molecular weight is 386 g/mol. The van der Waals surface area contributed by atoms with Gasteiger partial charge in [-0.15, -0.1) is 24.0 Å². The van der Waals surface area contributed by atoms with Crippen LogP contribution in [0.15, 0.2) is 67.0 Å². The molecule has 0 bridgehead atoms. The maximum atomic E-state index is 6.60. The Bertz CT molecular complexity index is 1000. The second kappa shape index (κ2) is 7.72. The molecule has 0 aliphatic heterocycles. The third-order valence-corrected chi connectivity index (χ3v) is 4.49. The summed E-state index contributed by atoms with van der Waals surface area (Å²) in [5.41, 5.74) is 9.58. The van der Waals surface area contributed by atoms with Crippen molar-refractivity contribution < 1.29 is 0 Å². The van der Waals surface area contributed by atoms with Crippen molar-refractivity contribution in [1.29, 1.82) is 0 Å². The Kier molecular flexibility index (Phi) is 5.40. The normalized spacial score (nSPS) is 11.9. The number of nitrogen functional groups attached to an aromatic ring is 1. The Balaban J connectivity index is 0.00000196. The Morgan fingerprint density at radius 2 is 1.62 bits per heavy atom. The van der Waals surface area contributed by atoms with Crippen LogP contribution in [-0.4, -0.2) is 19.7 Å². The molecule has 0 amide bonds. The van der Waals surface area contributed by atoms with Gasteiger partial charge in [-0.3, -0.25) is 0 Å². The molecule has 0 spiro atoms. The molecule has 2 heterocycles. The average Bonchev–Trinajstić information content (AvgIpc) is 3.03. The summed E-state index contributed by atoms with van der Waals surface area (Å²) in [5, 5.41) is 5.27. The number of rotatable bonds is 4. The Morgan fingerprint density at radius 1 is 0.962 bits per heavy atom. The zero-order valence-corrected chi connectivity index (χ0v) is 15.4. The van der Waals surface area contributed by atoms with Crippen LogP contribution in [0.5, 0.6) is 0 Å². The number of hydrogen-bond donors (Lipinski definition) is 1. The Labute approximate surface area is 162 Å². The zero-order valence-electron chi connectivity index (χ0n) is 13.8. The molecule has 0 saturated heterocycles. The number of halogens is 2. The smallest absolute Gasteiger partial charge is 0.164 e. The van der Waals surface area contributed by atoms with Gasteiger partial charge >= 0.3 is 0 Å². The molecule has 2 aromatic carbocycles. The Morgan fingerprint density at radius 3 is 2.31 bits per heavy atom. The van der Waals surface area contributed by atoms with Crippen molar-refractivity contribution in [3.8, 4) is 11.3 Å². The summed E-state index contributed by atoms with van der Waals surface area (Å²) in [6, 6.07) is 19.8. The summed E-state index contributed by atoms with van der Waals surface area (Å²) in [5.74, 6) is 0.418. The van der Waals surface area contributed by atoms with E-state index < -0.39 is 0 Å². The highest BCUT2D eigenvalue weighted by Crippen LogP contribution is 2.31. The second-order valence-electron chi connectivity index (χ2n) is 5.73. The van der Waals surface area contributed by atoms with Crippen LogP contribution < -0.4 is 5.73 Å². The molecule has 7 heteroatoms. The van der Waals surface area contributed by atoms with Crippen LogP contribution in [0.4, 0.5) is 5.82 Å². The summed E-state index contributed by atoms with van der Waals surface area (Å²) >= 11 is 6.60. The fourth-order valence-electron chi connectivity index (χ4n) is 2.87. The van der Waals surface area contributed by atoms with E-state index in [-0.39, 0.29) is 17.8 Å². The van der Waals surface area contributed by atoms with Gasteiger partial charge in [0.05, 0.1) is 17.3 Å². The first-order valence-corrected chi connectivity index (χ1v) is 8.39. The van der Waals surface area contributed by atoms with Crippen LogP contribution in [0, 0.1) is 0 Å². The van der Waals surface area contributed by atoms with E-state index in [1.807, 2.05) is 60.7 Å². The van der Waals surface area contributed by atoms with Crippen molar-refractivity contribution in [2.75, 3.05) is 5.73 Å². The number of benzene rings is 2. The van der Waals surface area contributed by atoms with Gasteiger partial charge in [-0.1, -0.05) is 60.7 Å². The van der Waals surface area contributed by atoms with Crippen LogP contribution >= 0.6 is 24.0 Å². The predicted octanol–water partition coefficient (Wildman–Crippen LogP) is 4.48. The number of fused-ring (bicyclic) bond motifs is 1. The molecule has 1 unspecified atom stereocenters. The van der Waals surface area contributed by atoms with E-state index in [0.29, 0.717) is 18.0 Å². The highest BCUT2D eigenvalue weighted by atomic mass is 35.5. The van der Waals surface area contributed by atoms with Crippen molar-refractivity contribution in [1.82, 2.24) is 19.7 Å². The predicted molar refractivity (Wildman–Crippen MR) is 107 cm³/mol. The third kappa shape index (κ3) is 3.36. The zero-order chi connectivity index (χ0) is 17.2. The maximum Gasteiger partial charge on any atom is 0.164 e. The van der Waals surface area contributed by atoms with E-state index in [1.165, 1.54) is 6.33 Å². The molecule has 2 aromatic heterocycles. The minimum atomic E-state index is -0.218. The molecular weight excluding hydrogens is 369 g/mol. The molecule has 132 valence electrons. The number of nitrogens with two attached hydrogens (primary N) is 1. The van der Waals surface area contributed by atoms with Gasteiger partial charge in [0.1, 0.15) is 17.8 Å². The SMILES string of the molecule is Cl.Nc1ncnc2c1c(-c1ccccc1)nn2CC(Cl)c1ccccc1. The van der Waals surface area contributed by atoms with Crippen molar-refractivity contribution >= 4 is 40.9 Å². The highest BCUT2D eigenvalue weighted by Gasteiger charge is 2.19. The van der Waals surface area contributed by atoms with Gasteiger partial charge in [0.2, 0.25) is 0 Å². The molecule has 5 nitrogen and oxygen atoms in total. The van der Waals surface area contributed by atoms with Gasteiger partial charge < -0.3 is 5.73 Å². The van der Waals surface area contributed by atoms with Gasteiger partial charge in [0.25, 0.3) is 0 Å². The summed E-state index contributed by atoms with van der Waals surface area (Å²) in [4.78, 5) is 8.51. The summed E-state index contributed by atoms with van der Waals surface area (Å²) in [7, 11) is 0. The summed E-state index contributed by atoms with van der Waals surface area (Å²) in [6.07, 6.45) is 1.45. The molecule has 4 rings (SSSR count). The number of hydrogen-bond acceptors (Lipinski definition) is 4. The van der Waals surface area contributed by atoms with E-state index >= 15 is 0 Å². The number of anilines is 1. The third-order valence-electron chi connectivity index (χ3n) is 4.10. The van der Waals surface area contributed by atoms with Crippen LogP contribution in [-0.2, 0) is 6.54 Å². The first-order valence-electron chi connectivity index (χ1n) is 7.95. The van der Waals surface area contributed by atoms with Crippen molar-refractivity contribution in [2.24, 2.45) is 0 Å². The lowest BCUT2D eigenvalue weighted by molar-refractivity contribution is 0.617. The Hall–Kier alpha value is -2.63. The molecule has 0 saturated carbocycles. The van der Waals surface area contributed by atoms with Crippen LogP contribution in [0.2, 0.25) is 0 Å². The van der Waals surface area contributed by atoms with Gasteiger partial charge in [0.15, 0.2) is 5.65 Å². The lowest BCUT2D eigenvalue weighted by Gasteiger charge is -2.10. The van der Waals surface area contributed by atoms with E-state index in [1.54, 1.807) is 4.68 Å². The lowest BCUT2D eigenvalue weighted by Crippen LogP contribution is -2.07. The molecule has 0 aliphatic carbocycles. The first kappa shape index (κ1) is 18.2. The van der Waals surface area contributed by atoms with E-state index in [9.17, 15) is 0 Å². The van der Waals surface area contributed by atoms with Crippen LogP contribution in [0.1, 0.15) is 10.9 Å². The maximum absolute atomic E-state index is 6.60. The van der Waals surface area contributed by atoms with Crippen LogP contribution in [0.25, 0.3) is 22.3 Å². The van der Waals surface area contributed by atoms with E-state index in [2.05, 4.69) is 9.97 Å². The molecule has 0 fully saturated rings. The van der Waals surface area contributed by atoms with Crippen molar-refractivity contribution in [3.63, 3.8) is 0 Å². The molecule has 0 aliphatic rings. The monoisotopic (exact) mass is 385 g/mol. The van der Waals surface area contributed by atoms with Gasteiger partial charge in [-0.25, -0.2) is 14.6 Å². The molecule has 26 heavy (non-hydrogen) atoms. The number of nitrogens with zero attached hydrogens (tertiary/aromatic N) is 4. The summed E-state index contributed by atoms with van der Waals surface area (Å²) < 4.78 is 1.81. The number of alkyl halides is 1.